The van der Waals surface area contributed by atoms with Gasteiger partial charge < -0.3 is 9.73 Å². The molecule has 20 heavy (non-hydrogen) atoms. The number of aromatic nitrogens is 2. The number of hydrogen-bond acceptors (Lipinski definition) is 4. The van der Waals surface area contributed by atoms with Crippen molar-refractivity contribution in [3.8, 4) is 0 Å². The predicted molar refractivity (Wildman–Crippen MR) is 58.2 cm³/mol. The molecular weight excluding hydrogens is 309 g/mol. The molecule has 10 heteroatoms. The molecule has 0 spiro atoms. The van der Waals surface area contributed by atoms with Gasteiger partial charge in [-0.15, -0.1) is 16.7 Å². The number of nitrogens with zero attached hydrogens (tertiary/aromatic N) is 2. The Morgan fingerprint density at radius 3 is 2.00 bits per heavy atom. The Morgan fingerprint density at radius 1 is 0.900 bits per heavy atom. The lowest BCUT2D eigenvalue weighted by atomic mass is 10.2. The van der Waals surface area contributed by atoms with Gasteiger partial charge in [0, 0.05) is 12.3 Å². The van der Waals surface area contributed by atoms with E-state index >= 15 is 0 Å². The van der Waals surface area contributed by atoms with E-state index in [1.807, 2.05) is 5.32 Å². The average Bonchev–Trinajstić information content (AvgIpc) is 2.87. The molecule has 0 fully saturated rings. The standard InChI is InChI=1S/C10H5ClF5N3O/c11-2-1-3-18-19-10(20-3)17-9-7(15)5(13)4(12)6(14)8(9)16/h1-2H2,(H,17,19). The fraction of sp³-hybridized carbons (Fsp3) is 0.200. The van der Waals surface area contributed by atoms with Gasteiger partial charge in [-0.3, -0.25) is 0 Å². The van der Waals surface area contributed by atoms with E-state index in [0.717, 1.165) is 0 Å². The minimum atomic E-state index is -2.25. The SMILES string of the molecule is Fc1c(F)c(F)c(Nc2nnc(CCCl)o2)c(F)c1F. The van der Waals surface area contributed by atoms with Gasteiger partial charge in [-0.05, 0) is 0 Å². The van der Waals surface area contributed by atoms with E-state index in [1.54, 1.807) is 0 Å². The van der Waals surface area contributed by atoms with E-state index in [4.69, 9.17) is 16.0 Å². The van der Waals surface area contributed by atoms with E-state index in [-0.39, 0.29) is 18.2 Å². The van der Waals surface area contributed by atoms with Crippen LogP contribution < -0.4 is 5.32 Å². The highest BCUT2D eigenvalue weighted by Crippen LogP contribution is 2.29. The molecule has 2 rings (SSSR count). The van der Waals surface area contributed by atoms with Gasteiger partial charge in [-0.2, -0.15) is 0 Å². The van der Waals surface area contributed by atoms with Crippen LogP contribution in [0.15, 0.2) is 4.42 Å². The predicted octanol–water partition coefficient (Wildman–Crippen LogP) is 3.29. The van der Waals surface area contributed by atoms with Crippen molar-refractivity contribution >= 4 is 23.3 Å². The van der Waals surface area contributed by atoms with Crippen molar-refractivity contribution in [2.24, 2.45) is 0 Å². The summed E-state index contributed by atoms with van der Waals surface area (Å²) < 4.78 is 70.3. The van der Waals surface area contributed by atoms with Gasteiger partial charge >= 0.3 is 6.01 Å². The maximum Gasteiger partial charge on any atom is 0.320 e. The molecule has 108 valence electrons. The molecule has 0 bridgehead atoms. The average molecular weight is 314 g/mol. The summed E-state index contributed by atoms with van der Waals surface area (Å²) in [4.78, 5) is 0. The number of aryl methyl sites for hydroxylation is 1. The number of rotatable bonds is 4. The van der Waals surface area contributed by atoms with E-state index < -0.39 is 40.8 Å². The molecule has 0 saturated heterocycles. The number of alkyl halides is 1. The van der Waals surface area contributed by atoms with Crippen LogP contribution in [-0.4, -0.2) is 16.1 Å². The number of benzene rings is 1. The lowest BCUT2D eigenvalue weighted by Crippen LogP contribution is -2.06. The molecule has 0 aliphatic heterocycles. The Bertz CT molecular complexity index is 619. The van der Waals surface area contributed by atoms with Gasteiger partial charge in [0.1, 0.15) is 5.69 Å². The summed E-state index contributed by atoms with van der Waals surface area (Å²) in [7, 11) is 0. The van der Waals surface area contributed by atoms with Crippen molar-refractivity contribution in [1.29, 1.82) is 0 Å². The zero-order valence-corrected chi connectivity index (χ0v) is 10.2. The van der Waals surface area contributed by atoms with Gasteiger partial charge in [0.2, 0.25) is 11.7 Å². The number of halogens is 6. The summed E-state index contributed by atoms with van der Waals surface area (Å²) in [6.45, 7) is 0. The second-order valence-electron chi connectivity index (χ2n) is 3.51. The van der Waals surface area contributed by atoms with Crippen LogP contribution in [0.1, 0.15) is 5.89 Å². The lowest BCUT2D eigenvalue weighted by Gasteiger charge is -2.07. The van der Waals surface area contributed by atoms with E-state index in [2.05, 4.69) is 10.2 Å². The maximum atomic E-state index is 13.3. The Labute approximate surface area is 113 Å². The first kappa shape index (κ1) is 14.5. The van der Waals surface area contributed by atoms with Gasteiger partial charge in [-0.25, -0.2) is 22.0 Å². The van der Waals surface area contributed by atoms with Crippen LogP contribution in [0.3, 0.4) is 0 Å². The van der Waals surface area contributed by atoms with E-state index in [0.29, 0.717) is 0 Å². The van der Waals surface area contributed by atoms with Crippen LogP contribution in [0.4, 0.5) is 33.7 Å². The Morgan fingerprint density at radius 2 is 1.45 bits per heavy atom. The third-order valence-electron chi connectivity index (χ3n) is 2.22. The minimum absolute atomic E-state index is 0.0476. The summed E-state index contributed by atoms with van der Waals surface area (Å²) in [5.74, 6) is -10.3. The monoisotopic (exact) mass is 313 g/mol. The molecule has 4 nitrogen and oxygen atoms in total. The van der Waals surface area contributed by atoms with Gasteiger partial charge in [0.15, 0.2) is 23.3 Å². The van der Waals surface area contributed by atoms with E-state index in [1.165, 1.54) is 0 Å². The van der Waals surface area contributed by atoms with Crippen LogP contribution in [0, 0.1) is 29.1 Å². The summed E-state index contributed by atoms with van der Waals surface area (Å²) in [6, 6.07) is -0.520. The highest BCUT2D eigenvalue weighted by molar-refractivity contribution is 6.17. The van der Waals surface area contributed by atoms with Crippen LogP contribution in [0.25, 0.3) is 0 Å². The quantitative estimate of drug-likeness (QED) is 0.407. The first-order valence-corrected chi connectivity index (χ1v) is 5.66. The first-order valence-electron chi connectivity index (χ1n) is 5.12. The number of hydrogen-bond donors (Lipinski definition) is 1. The van der Waals surface area contributed by atoms with Crippen molar-refractivity contribution in [2.45, 2.75) is 6.42 Å². The van der Waals surface area contributed by atoms with Crippen LogP contribution in [0.2, 0.25) is 0 Å². The molecule has 1 aromatic carbocycles. The van der Waals surface area contributed by atoms with Crippen molar-refractivity contribution < 1.29 is 26.4 Å². The third kappa shape index (κ3) is 2.53. The van der Waals surface area contributed by atoms with E-state index in [9.17, 15) is 22.0 Å². The largest absolute Gasteiger partial charge is 0.408 e. The van der Waals surface area contributed by atoms with Gasteiger partial charge in [-0.1, -0.05) is 5.10 Å². The fourth-order valence-corrected chi connectivity index (χ4v) is 1.47. The smallest absolute Gasteiger partial charge is 0.320 e. The Hall–Kier alpha value is -1.90. The molecule has 1 N–H and O–H groups in total. The highest BCUT2D eigenvalue weighted by atomic mass is 35.5. The van der Waals surface area contributed by atoms with Gasteiger partial charge in [0.25, 0.3) is 0 Å². The lowest BCUT2D eigenvalue weighted by molar-refractivity contribution is 0.381. The van der Waals surface area contributed by atoms with Crippen molar-refractivity contribution in [1.82, 2.24) is 10.2 Å². The third-order valence-corrected chi connectivity index (χ3v) is 2.41. The summed E-state index contributed by atoms with van der Waals surface area (Å²) in [5, 5.41) is 8.64. The molecule has 0 aliphatic carbocycles. The summed E-state index contributed by atoms with van der Waals surface area (Å²) >= 11 is 5.41. The highest BCUT2D eigenvalue weighted by Gasteiger charge is 2.26. The Kier molecular flexibility index (Phi) is 4.07. The molecule has 0 atom stereocenters. The second-order valence-corrected chi connectivity index (χ2v) is 3.89. The Balaban J connectivity index is 2.38. The zero-order chi connectivity index (χ0) is 14.9. The van der Waals surface area contributed by atoms with Crippen LogP contribution in [-0.2, 0) is 6.42 Å². The first-order chi connectivity index (χ1) is 9.45. The summed E-state index contributed by atoms with van der Waals surface area (Å²) in [5.41, 5.74) is -1.28. The maximum absolute atomic E-state index is 13.3. The molecule has 0 aliphatic rings. The second kappa shape index (κ2) is 5.61. The fourth-order valence-electron chi connectivity index (χ4n) is 1.31. The van der Waals surface area contributed by atoms with Crippen molar-refractivity contribution in [3.05, 3.63) is 35.0 Å². The molecule has 0 unspecified atom stereocenters. The normalized spacial score (nSPS) is 10.9. The topological polar surface area (TPSA) is 51.0 Å². The molecular formula is C10H5ClF5N3O. The van der Waals surface area contributed by atoms with Gasteiger partial charge in [0.05, 0.1) is 0 Å². The molecule has 0 radical (unpaired) electrons. The van der Waals surface area contributed by atoms with Crippen molar-refractivity contribution in [2.75, 3.05) is 11.2 Å². The zero-order valence-electron chi connectivity index (χ0n) is 9.48. The minimum Gasteiger partial charge on any atom is -0.408 e. The molecule has 0 amide bonds. The molecule has 2 aromatic rings. The molecule has 0 saturated carbocycles. The summed E-state index contributed by atoms with van der Waals surface area (Å²) in [6.07, 6.45) is 0.188. The molecule has 1 aromatic heterocycles. The van der Waals surface area contributed by atoms with Crippen LogP contribution >= 0.6 is 11.6 Å². The van der Waals surface area contributed by atoms with Crippen LogP contribution in [0.5, 0.6) is 0 Å². The number of nitrogens with one attached hydrogen (secondary N) is 1. The van der Waals surface area contributed by atoms with Crippen molar-refractivity contribution in [3.63, 3.8) is 0 Å². The molecule has 1 heterocycles. The number of anilines is 2.